The standard InChI is InChI=1S/C14H25N3/c1-3-15-13(10-12-6-5-7-12)11-14-16-8-9-17(14)4-2/h8-9,12-13,15H,3-7,10-11H2,1-2H3. The molecule has 1 aliphatic rings. The van der Waals surface area contributed by atoms with Crippen molar-refractivity contribution in [2.75, 3.05) is 6.54 Å². The second-order valence-electron chi connectivity index (χ2n) is 5.12. The molecule has 96 valence electrons. The van der Waals surface area contributed by atoms with E-state index >= 15 is 0 Å². The molecule has 0 aliphatic heterocycles. The highest BCUT2D eigenvalue weighted by atomic mass is 15.1. The molecule has 2 rings (SSSR count). The molecule has 1 aromatic rings. The number of hydrogen-bond acceptors (Lipinski definition) is 2. The molecule has 1 atom stereocenters. The summed E-state index contributed by atoms with van der Waals surface area (Å²) in [5.74, 6) is 2.20. The summed E-state index contributed by atoms with van der Waals surface area (Å²) in [7, 11) is 0. The zero-order valence-corrected chi connectivity index (χ0v) is 11.2. The van der Waals surface area contributed by atoms with Crippen LogP contribution in [0, 0.1) is 5.92 Å². The maximum Gasteiger partial charge on any atom is 0.110 e. The van der Waals surface area contributed by atoms with E-state index in [0.717, 1.165) is 25.4 Å². The number of hydrogen-bond donors (Lipinski definition) is 1. The number of imidazole rings is 1. The van der Waals surface area contributed by atoms with E-state index in [-0.39, 0.29) is 0 Å². The van der Waals surface area contributed by atoms with Gasteiger partial charge in [-0.3, -0.25) is 0 Å². The summed E-state index contributed by atoms with van der Waals surface area (Å²) in [6.07, 6.45) is 10.7. The minimum absolute atomic E-state index is 0.609. The predicted octanol–water partition coefficient (Wildman–Crippen LogP) is 2.61. The molecule has 0 aromatic carbocycles. The van der Waals surface area contributed by atoms with Crippen molar-refractivity contribution >= 4 is 0 Å². The van der Waals surface area contributed by atoms with Crippen molar-refractivity contribution in [1.29, 1.82) is 0 Å². The molecule has 1 fully saturated rings. The third-order valence-corrected chi connectivity index (χ3v) is 3.91. The van der Waals surface area contributed by atoms with Gasteiger partial charge in [0, 0.05) is 31.4 Å². The predicted molar refractivity (Wildman–Crippen MR) is 71.0 cm³/mol. The van der Waals surface area contributed by atoms with Crippen molar-refractivity contribution in [1.82, 2.24) is 14.9 Å². The maximum absolute atomic E-state index is 4.48. The molecule has 3 nitrogen and oxygen atoms in total. The van der Waals surface area contributed by atoms with Crippen LogP contribution in [0.15, 0.2) is 12.4 Å². The van der Waals surface area contributed by atoms with Gasteiger partial charge in [0.25, 0.3) is 0 Å². The van der Waals surface area contributed by atoms with Crippen LogP contribution in [0.5, 0.6) is 0 Å². The minimum Gasteiger partial charge on any atom is -0.335 e. The summed E-state index contributed by atoms with van der Waals surface area (Å²) in [4.78, 5) is 4.48. The van der Waals surface area contributed by atoms with Crippen molar-refractivity contribution in [3.63, 3.8) is 0 Å². The number of nitrogens with one attached hydrogen (secondary N) is 1. The third kappa shape index (κ3) is 3.32. The van der Waals surface area contributed by atoms with Crippen LogP contribution in [0.25, 0.3) is 0 Å². The van der Waals surface area contributed by atoms with E-state index in [1.54, 1.807) is 0 Å². The number of likely N-dealkylation sites (N-methyl/N-ethyl adjacent to an activating group) is 1. The first-order valence-corrected chi connectivity index (χ1v) is 7.06. The quantitative estimate of drug-likeness (QED) is 0.787. The topological polar surface area (TPSA) is 29.9 Å². The molecule has 1 unspecified atom stereocenters. The van der Waals surface area contributed by atoms with E-state index in [1.807, 2.05) is 6.20 Å². The van der Waals surface area contributed by atoms with E-state index in [9.17, 15) is 0 Å². The minimum atomic E-state index is 0.609. The van der Waals surface area contributed by atoms with Gasteiger partial charge in [0.2, 0.25) is 0 Å². The largest absolute Gasteiger partial charge is 0.335 e. The molecule has 1 aliphatic carbocycles. The van der Waals surface area contributed by atoms with Gasteiger partial charge in [-0.1, -0.05) is 26.2 Å². The summed E-state index contributed by atoms with van der Waals surface area (Å²) >= 11 is 0. The lowest BCUT2D eigenvalue weighted by atomic mass is 9.80. The molecule has 0 saturated heterocycles. The van der Waals surface area contributed by atoms with Gasteiger partial charge in [-0.25, -0.2) is 4.98 Å². The van der Waals surface area contributed by atoms with Crippen molar-refractivity contribution in [3.8, 4) is 0 Å². The highest BCUT2D eigenvalue weighted by Crippen LogP contribution is 2.31. The lowest BCUT2D eigenvalue weighted by molar-refractivity contribution is 0.258. The Morgan fingerprint density at radius 3 is 2.88 bits per heavy atom. The molecular formula is C14H25N3. The normalized spacial score (nSPS) is 18.0. The SMILES string of the molecule is CCNC(Cc1nccn1CC)CC1CCC1. The summed E-state index contributed by atoms with van der Waals surface area (Å²) in [6, 6.07) is 0.609. The van der Waals surface area contributed by atoms with Gasteiger partial charge in [-0.15, -0.1) is 0 Å². The van der Waals surface area contributed by atoms with E-state index < -0.39 is 0 Å². The van der Waals surface area contributed by atoms with Crippen molar-refractivity contribution in [2.45, 2.75) is 58.5 Å². The summed E-state index contributed by atoms with van der Waals surface area (Å²) < 4.78 is 2.26. The van der Waals surface area contributed by atoms with Gasteiger partial charge in [0.1, 0.15) is 5.82 Å². The van der Waals surface area contributed by atoms with Gasteiger partial charge in [-0.2, -0.15) is 0 Å². The van der Waals surface area contributed by atoms with Crippen LogP contribution < -0.4 is 5.32 Å². The van der Waals surface area contributed by atoms with E-state index in [2.05, 4.69) is 34.9 Å². The van der Waals surface area contributed by atoms with Gasteiger partial charge in [0.15, 0.2) is 0 Å². The Kier molecular flexibility index (Phi) is 4.60. The second-order valence-corrected chi connectivity index (χ2v) is 5.12. The molecule has 1 aromatic heterocycles. The van der Waals surface area contributed by atoms with Gasteiger partial charge in [0.05, 0.1) is 0 Å². The van der Waals surface area contributed by atoms with Crippen LogP contribution in [-0.4, -0.2) is 22.1 Å². The number of rotatable bonds is 7. The Morgan fingerprint density at radius 2 is 2.29 bits per heavy atom. The Bertz CT molecular complexity index is 328. The van der Waals surface area contributed by atoms with Crippen LogP contribution in [0.1, 0.15) is 45.4 Å². The smallest absolute Gasteiger partial charge is 0.110 e. The number of aromatic nitrogens is 2. The van der Waals surface area contributed by atoms with E-state index in [4.69, 9.17) is 0 Å². The zero-order valence-electron chi connectivity index (χ0n) is 11.2. The van der Waals surface area contributed by atoms with E-state index in [1.165, 1.54) is 31.5 Å². The average Bonchev–Trinajstić information content (AvgIpc) is 2.71. The first-order valence-electron chi connectivity index (χ1n) is 7.06. The monoisotopic (exact) mass is 235 g/mol. The molecular weight excluding hydrogens is 210 g/mol. The number of nitrogens with zero attached hydrogens (tertiary/aromatic N) is 2. The molecule has 17 heavy (non-hydrogen) atoms. The van der Waals surface area contributed by atoms with Crippen molar-refractivity contribution in [2.24, 2.45) is 5.92 Å². The van der Waals surface area contributed by atoms with Crippen LogP contribution in [0.2, 0.25) is 0 Å². The first kappa shape index (κ1) is 12.6. The summed E-state index contributed by atoms with van der Waals surface area (Å²) in [5.41, 5.74) is 0. The fourth-order valence-electron chi connectivity index (χ4n) is 2.70. The Labute approximate surface area is 105 Å². The lowest BCUT2D eigenvalue weighted by Crippen LogP contribution is -2.35. The van der Waals surface area contributed by atoms with Crippen LogP contribution in [-0.2, 0) is 13.0 Å². The van der Waals surface area contributed by atoms with Gasteiger partial charge in [-0.05, 0) is 25.8 Å². The van der Waals surface area contributed by atoms with Gasteiger partial charge < -0.3 is 9.88 Å². The van der Waals surface area contributed by atoms with E-state index in [0.29, 0.717) is 6.04 Å². The average molecular weight is 235 g/mol. The summed E-state index contributed by atoms with van der Waals surface area (Å²) in [5, 5.41) is 3.62. The molecule has 1 saturated carbocycles. The molecule has 0 amide bonds. The molecule has 3 heteroatoms. The fraction of sp³-hybridized carbons (Fsp3) is 0.786. The van der Waals surface area contributed by atoms with Crippen molar-refractivity contribution < 1.29 is 0 Å². The Balaban J connectivity index is 1.91. The zero-order chi connectivity index (χ0) is 12.1. The fourth-order valence-corrected chi connectivity index (χ4v) is 2.70. The summed E-state index contributed by atoms with van der Waals surface area (Å²) in [6.45, 7) is 6.46. The molecule has 0 radical (unpaired) electrons. The maximum atomic E-state index is 4.48. The highest BCUT2D eigenvalue weighted by molar-refractivity contribution is 4.96. The third-order valence-electron chi connectivity index (χ3n) is 3.91. The first-order chi connectivity index (χ1) is 8.33. The highest BCUT2D eigenvalue weighted by Gasteiger charge is 2.22. The number of aryl methyl sites for hydroxylation is 1. The molecule has 0 spiro atoms. The molecule has 1 heterocycles. The molecule has 1 N–H and O–H groups in total. The lowest BCUT2D eigenvalue weighted by Gasteiger charge is -2.30. The van der Waals surface area contributed by atoms with Crippen molar-refractivity contribution in [3.05, 3.63) is 18.2 Å². The van der Waals surface area contributed by atoms with Crippen LogP contribution in [0.4, 0.5) is 0 Å². The van der Waals surface area contributed by atoms with Crippen LogP contribution in [0.3, 0.4) is 0 Å². The Hall–Kier alpha value is -0.830. The second kappa shape index (κ2) is 6.20. The Morgan fingerprint density at radius 1 is 1.47 bits per heavy atom. The van der Waals surface area contributed by atoms with Gasteiger partial charge >= 0.3 is 0 Å². The van der Waals surface area contributed by atoms with Crippen LogP contribution >= 0.6 is 0 Å². The molecule has 0 bridgehead atoms.